The molecule has 0 unspecified atom stereocenters. The lowest BCUT2D eigenvalue weighted by Gasteiger charge is -2.27. The van der Waals surface area contributed by atoms with E-state index in [0.717, 1.165) is 44.0 Å². The molecule has 1 rings (SSSR count). The molecule has 1 fully saturated rings. The second-order valence-electron chi connectivity index (χ2n) is 6.72. The zero-order chi connectivity index (χ0) is 27.5. The van der Waals surface area contributed by atoms with Gasteiger partial charge in [-0.05, 0) is 44.6 Å². The quantitative estimate of drug-likeness (QED) is 0.171. The van der Waals surface area contributed by atoms with E-state index in [9.17, 15) is 4.79 Å². The van der Waals surface area contributed by atoms with Crippen molar-refractivity contribution in [2.24, 2.45) is 0 Å². The summed E-state index contributed by atoms with van der Waals surface area (Å²) in [6, 6.07) is 0. The number of hydrogen-bond donors (Lipinski definition) is 2. The van der Waals surface area contributed by atoms with Crippen molar-refractivity contribution >= 4 is 5.91 Å². The number of carbonyl (C=O) groups is 1. The van der Waals surface area contributed by atoms with E-state index in [1.807, 2.05) is 59.8 Å². The molecule has 194 valence electrons. The van der Waals surface area contributed by atoms with Crippen LogP contribution in [0.4, 0.5) is 0 Å². The number of amides is 1. The summed E-state index contributed by atoms with van der Waals surface area (Å²) in [6.07, 6.45) is 14.1. The van der Waals surface area contributed by atoms with Crippen molar-refractivity contribution in [2.45, 2.75) is 48.5 Å². The third-order valence-electron chi connectivity index (χ3n) is 4.10. The maximum Gasteiger partial charge on any atom is 0.255 e. The van der Waals surface area contributed by atoms with Crippen molar-refractivity contribution in [1.82, 2.24) is 15.5 Å². The minimum Gasteiger partial charge on any atom is -0.326 e. The molecule has 0 aromatic carbocycles. The smallest absolute Gasteiger partial charge is 0.255 e. The van der Waals surface area contributed by atoms with Gasteiger partial charge in [0.05, 0.1) is 0 Å². The van der Waals surface area contributed by atoms with Crippen molar-refractivity contribution in [2.75, 3.05) is 32.7 Å². The fraction of sp³-hybridized carbons (Fsp3) is 0.387. The average Bonchev–Trinajstić information content (AvgIpc) is 2.89. The predicted octanol–water partition coefficient (Wildman–Crippen LogP) is 6.52. The van der Waals surface area contributed by atoms with Gasteiger partial charge in [-0.2, -0.15) is 0 Å². The van der Waals surface area contributed by atoms with Crippen molar-refractivity contribution in [1.29, 1.82) is 0 Å². The first kappa shape index (κ1) is 36.4. The van der Waals surface area contributed by atoms with Crippen LogP contribution in [-0.4, -0.2) is 43.5 Å². The van der Waals surface area contributed by atoms with E-state index in [4.69, 9.17) is 0 Å². The number of nitrogens with zero attached hydrogens (tertiary/aromatic N) is 1. The first-order valence-corrected chi connectivity index (χ1v) is 12.4. The maximum atomic E-state index is 12.6. The second kappa shape index (κ2) is 27.1. The predicted molar refractivity (Wildman–Crippen MR) is 158 cm³/mol. The molecule has 4 heteroatoms. The second-order valence-corrected chi connectivity index (χ2v) is 6.72. The van der Waals surface area contributed by atoms with Gasteiger partial charge < -0.3 is 10.6 Å². The Morgan fingerprint density at radius 3 is 2.03 bits per heavy atom. The molecule has 1 amide bonds. The lowest BCUT2D eigenvalue weighted by Crippen LogP contribution is -2.44. The molecule has 1 heterocycles. The summed E-state index contributed by atoms with van der Waals surface area (Å²) in [4.78, 5) is 15.0. The Bertz CT molecular complexity index is 808. The molecule has 0 spiro atoms. The Morgan fingerprint density at radius 2 is 1.57 bits per heavy atom. The van der Waals surface area contributed by atoms with Crippen molar-refractivity contribution in [3.05, 3.63) is 97.3 Å². The van der Waals surface area contributed by atoms with Crippen LogP contribution < -0.4 is 10.6 Å². The van der Waals surface area contributed by atoms with Crippen LogP contribution in [-0.2, 0) is 4.79 Å². The van der Waals surface area contributed by atoms with Crippen molar-refractivity contribution < 1.29 is 4.79 Å². The van der Waals surface area contributed by atoms with Crippen LogP contribution >= 0.6 is 0 Å². The van der Waals surface area contributed by atoms with Crippen LogP contribution in [0.3, 0.4) is 0 Å². The Kier molecular flexibility index (Phi) is 28.2. The number of piperazine rings is 1. The maximum absolute atomic E-state index is 12.6. The van der Waals surface area contributed by atoms with Gasteiger partial charge >= 0.3 is 0 Å². The van der Waals surface area contributed by atoms with Gasteiger partial charge in [0.1, 0.15) is 0 Å². The minimum absolute atomic E-state index is 0.221. The van der Waals surface area contributed by atoms with E-state index in [1.54, 1.807) is 37.3 Å². The van der Waals surface area contributed by atoms with Crippen LogP contribution in [0.25, 0.3) is 0 Å². The first-order valence-electron chi connectivity index (χ1n) is 12.4. The van der Waals surface area contributed by atoms with E-state index < -0.39 is 0 Å². The van der Waals surface area contributed by atoms with Crippen LogP contribution in [0.5, 0.6) is 0 Å². The topological polar surface area (TPSA) is 44.4 Å². The molecule has 1 saturated heterocycles. The van der Waals surface area contributed by atoms with E-state index >= 15 is 0 Å². The van der Waals surface area contributed by atoms with Gasteiger partial charge in [-0.3, -0.25) is 9.69 Å². The molecule has 2 N–H and O–H groups in total. The number of allylic oxidation sites excluding steroid dienone is 8. The van der Waals surface area contributed by atoms with Gasteiger partial charge in [-0.15, -0.1) is 12.5 Å². The number of hydrogen-bond acceptors (Lipinski definition) is 3. The molecular weight excluding hydrogens is 430 g/mol. The largest absolute Gasteiger partial charge is 0.326 e. The monoisotopic (exact) mass is 479 g/mol. The van der Waals surface area contributed by atoms with Crippen LogP contribution in [0, 0.1) is 11.8 Å². The molecule has 0 aromatic heterocycles. The van der Waals surface area contributed by atoms with Crippen molar-refractivity contribution in [3.8, 4) is 11.8 Å². The van der Waals surface area contributed by atoms with E-state index in [1.165, 1.54) is 0 Å². The summed E-state index contributed by atoms with van der Waals surface area (Å²) in [5.41, 5.74) is 3.01. The highest BCUT2D eigenvalue weighted by atomic mass is 16.1. The summed E-state index contributed by atoms with van der Waals surface area (Å²) in [6.45, 7) is 33.1. The Morgan fingerprint density at radius 1 is 1.00 bits per heavy atom. The molecule has 0 saturated carbocycles. The number of rotatable bonds is 9. The zero-order valence-electron chi connectivity index (χ0n) is 23.3. The van der Waals surface area contributed by atoms with E-state index in [0.29, 0.717) is 11.1 Å². The molecule has 0 atom stereocenters. The van der Waals surface area contributed by atoms with Gasteiger partial charge in [0.25, 0.3) is 5.91 Å². The van der Waals surface area contributed by atoms with Crippen molar-refractivity contribution in [3.63, 3.8) is 0 Å². The highest BCUT2D eigenvalue weighted by molar-refractivity contribution is 5.97. The summed E-state index contributed by atoms with van der Waals surface area (Å²) in [7, 11) is 0. The fourth-order valence-corrected chi connectivity index (χ4v) is 2.61. The zero-order valence-corrected chi connectivity index (χ0v) is 23.3. The van der Waals surface area contributed by atoms with Gasteiger partial charge in [-0.1, -0.05) is 83.7 Å². The highest BCUT2D eigenvalue weighted by Crippen LogP contribution is 2.07. The molecule has 0 bridgehead atoms. The van der Waals surface area contributed by atoms with E-state index in [2.05, 4.69) is 53.7 Å². The van der Waals surface area contributed by atoms with Crippen LogP contribution in [0.1, 0.15) is 48.5 Å². The highest BCUT2D eigenvalue weighted by Gasteiger charge is 2.10. The molecular formula is C31H49N3O. The summed E-state index contributed by atoms with van der Waals surface area (Å²) >= 11 is 0. The Labute approximate surface area is 216 Å². The number of nitrogens with one attached hydrogen (secondary N) is 2. The van der Waals surface area contributed by atoms with Crippen LogP contribution in [0.2, 0.25) is 0 Å². The standard InChI is InChI=1S/C24H31N3O.C3H6.2C2H6/c1-6-10-21(8-3)18-23(11-7-2)24(28)26-20(5)12-13-22(9-4)19-27-16-14-25-15-17-27;1-3-2;2*1-2/h7-9,11-13,18,25H,2-4,14-17,19H2,1,5H3,(H,26,28);3H,1H2,2H3;2*1-2H3/b20-12+,21-18+,22-13+,23-11+;;;. The third kappa shape index (κ3) is 20.0. The molecule has 0 aliphatic carbocycles. The fourth-order valence-electron chi connectivity index (χ4n) is 2.61. The van der Waals surface area contributed by atoms with Crippen LogP contribution in [0.15, 0.2) is 97.3 Å². The summed E-state index contributed by atoms with van der Waals surface area (Å²) in [5, 5.41) is 6.24. The molecule has 1 aliphatic rings. The molecule has 0 aromatic rings. The first-order chi connectivity index (χ1) is 16.9. The normalized spacial score (nSPS) is 14.0. The Hall–Kier alpha value is -3.13. The van der Waals surface area contributed by atoms with Gasteiger partial charge in [0.15, 0.2) is 0 Å². The number of carbonyl (C=O) groups excluding carboxylic acids is 1. The lowest BCUT2D eigenvalue weighted by atomic mass is 10.1. The van der Waals surface area contributed by atoms with Gasteiger partial charge in [-0.25, -0.2) is 0 Å². The van der Waals surface area contributed by atoms with Gasteiger partial charge in [0, 0.05) is 49.6 Å². The molecule has 0 radical (unpaired) electrons. The SMILES string of the molecule is C=C/C=C(\C=C(\C#CC)C=C)C(=O)N/C(C)=C/C=C(\C=C)CN1CCNCC1.C=CC.CC.CC. The summed E-state index contributed by atoms with van der Waals surface area (Å²) in [5.74, 6) is 5.50. The van der Waals surface area contributed by atoms with Gasteiger partial charge in [0.2, 0.25) is 0 Å². The third-order valence-corrected chi connectivity index (χ3v) is 4.10. The summed E-state index contributed by atoms with van der Waals surface area (Å²) < 4.78 is 0. The average molecular weight is 480 g/mol. The molecule has 35 heavy (non-hydrogen) atoms. The van der Waals surface area contributed by atoms with E-state index in [-0.39, 0.29) is 5.91 Å². The Balaban J connectivity index is -0.00000132. The lowest BCUT2D eigenvalue weighted by molar-refractivity contribution is -0.116. The minimum atomic E-state index is -0.221. The molecule has 4 nitrogen and oxygen atoms in total. The molecule has 1 aliphatic heterocycles.